The average Bonchev–Trinajstić information content (AvgIpc) is 3.28. The average molecular weight is 340 g/mol. The van der Waals surface area contributed by atoms with Crippen molar-refractivity contribution in [3.05, 3.63) is 42.1 Å². The summed E-state index contributed by atoms with van der Waals surface area (Å²) in [7, 11) is 0. The molecule has 1 aliphatic heterocycles. The molecule has 1 saturated carbocycles. The number of fused-ring (bicyclic) bond motifs is 1. The van der Waals surface area contributed by atoms with Gasteiger partial charge in [-0.3, -0.25) is 9.78 Å². The number of hydrogen-bond acceptors (Lipinski definition) is 4. The van der Waals surface area contributed by atoms with Gasteiger partial charge in [-0.15, -0.1) is 0 Å². The molecule has 2 fully saturated rings. The number of hydrogen-bond donors (Lipinski definition) is 2. The van der Waals surface area contributed by atoms with Crippen LogP contribution >= 0.6 is 0 Å². The van der Waals surface area contributed by atoms with Crippen molar-refractivity contribution in [2.45, 2.75) is 24.9 Å². The zero-order valence-electron chi connectivity index (χ0n) is 13.7. The van der Waals surface area contributed by atoms with Gasteiger partial charge in [0.2, 0.25) is 5.91 Å². The summed E-state index contributed by atoms with van der Waals surface area (Å²) in [5, 5.41) is 13.1. The Morgan fingerprint density at radius 2 is 2.12 bits per heavy atom. The molecular weight excluding hydrogens is 320 g/mol. The highest BCUT2D eigenvalue weighted by Gasteiger charge is 2.45. The van der Waals surface area contributed by atoms with Crippen molar-refractivity contribution in [2.75, 3.05) is 13.2 Å². The fraction of sp³-hybridized carbons (Fsp3) is 0.421. The molecule has 0 unspecified atom stereocenters. The Morgan fingerprint density at radius 3 is 2.96 bits per heavy atom. The molecule has 4 rings (SSSR count). The normalized spacial score (nSPS) is 28.0. The van der Waals surface area contributed by atoms with E-state index in [1.807, 2.05) is 30.3 Å². The van der Waals surface area contributed by atoms with Crippen LogP contribution in [0.25, 0.3) is 10.9 Å². The number of amides is 1. The molecule has 4 atom stereocenters. The number of carbonyl (C=O) groups excluding carboxylic acids is 1. The van der Waals surface area contributed by atoms with E-state index in [4.69, 9.17) is 9.84 Å². The van der Waals surface area contributed by atoms with Gasteiger partial charge in [-0.1, -0.05) is 18.2 Å². The van der Waals surface area contributed by atoms with E-state index >= 15 is 0 Å². The summed E-state index contributed by atoms with van der Waals surface area (Å²) in [6.45, 7) is 0.794. The van der Waals surface area contributed by atoms with Gasteiger partial charge in [0, 0.05) is 36.6 Å². The summed E-state index contributed by atoms with van der Waals surface area (Å²) in [4.78, 5) is 27.9. The van der Waals surface area contributed by atoms with Crippen LogP contribution in [0.4, 0.5) is 0 Å². The Kier molecular flexibility index (Phi) is 4.13. The first-order valence-electron chi connectivity index (χ1n) is 8.61. The number of carboxylic acids is 1. The molecule has 2 aliphatic rings. The van der Waals surface area contributed by atoms with E-state index in [-0.39, 0.29) is 23.7 Å². The van der Waals surface area contributed by atoms with Crippen molar-refractivity contribution < 1.29 is 19.4 Å². The van der Waals surface area contributed by atoms with Crippen LogP contribution in [0, 0.1) is 11.8 Å². The van der Waals surface area contributed by atoms with E-state index in [2.05, 4.69) is 10.3 Å². The molecule has 1 amide bonds. The van der Waals surface area contributed by atoms with Crippen molar-refractivity contribution >= 4 is 22.8 Å². The minimum atomic E-state index is -0.954. The number of rotatable bonds is 5. The summed E-state index contributed by atoms with van der Waals surface area (Å²) in [6, 6.07) is 9.95. The minimum absolute atomic E-state index is 0.00179. The van der Waals surface area contributed by atoms with Gasteiger partial charge >= 0.3 is 5.97 Å². The molecule has 1 aliphatic carbocycles. The van der Waals surface area contributed by atoms with E-state index in [1.165, 1.54) is 5.56 Å². The summed E-state index contributed by atoms with van der Waals surface area (Å²) in [5.41, 5.74) is 2.11. The number of para-hydroxylation sites is 1. The summed E-state index contributed by atoms with van der Waals surface area (Å²) in [5.74, 6) is -0.939. The molecule has 2 heterocycles. The minimum Gasteiger partial charge on any atom is -0.479 e. The summed E-state index contributed by atoms with van der Waals surface area (Å²) >= 11 is 0. The summed E-state index contributed by atoms with van der Waals surface area (Å²) < 4.78 is 5.22. The third kappa shape index (κ3) is 3.09. The van der Waals surface area contributed by atoms with Gasteiger partial charge in [0.25, 0.3) is 0 Å². The third-order valence-corrected chi connectivity index (χ3v) is 5.21. The monoisotopic (exact) mass is 340 g/mol. The van der Waals surface area contributed by atoms with E-state index in [1.54, 1.807) is 6.20 Å². The maximum atomic E-state index is 12.4. The van der Waals surface area contributed by atoms with Crippen LogP contribution in [-0.2, 0) is 14.3 Å². The number of carboxylic acid groups (broad SMARTS) is 1. The zero-order valence-corrected chi connectivity index (χ0v) is 13.7. The first-order valence-corrected chi connectivity index (χ1v) is 8.61. The number of nitrogens with zero attached hydrogens (tertiary/aromatic N) is 1. The van der Waals surface area contributed by atoms with Crippen molar-refractivity contribution in [1.82, 2.24) is 10.3 Å². The van der Waals surface area contributed by atoms with Gasteiger partial charge < -0.3 is 15.2 Å². The van der Waals surface area contributed by atoms with Crippen LogP contribution < -0.4 is 5.32 Å². The lowest BCUT2D eigenvalue weighted by Gasteiger charge is -2.15. The van der Waals surface area contributed by atoms with Crippen LogP contribution in [0.3, 0.4) is 0 Å². The fourth-order valence-electron chi connectivity index (χ4n) is 3.75. The van der Waals surface area contributed by atoms with E-state index < -0.39 is 12.1 Å². The molecule has 6 nitrogen and oxygen atoms in total. The van der Waals surface area contributed by atoms with E-state index in [9.17, 15) is 9.59 Å². The Balaban J connectivity index is 1.39. The largest absolute Gasteiger partial charge is 0.479 e. The van der Waals surface area contributed by atoms with Gasteiger partial charge in [-0.05, 0) is 36.5 Å². The molecule has 2 N–H and O–H groups in total. The smallest absolute Gasteiger partial charge is 0.333 e. The number of carbonyl (C=O) groups is 2. The maximum Gasteiger partial charge on any atom is 0.333 e. The molecule has 1 saturated heterocycles. The first-order chi connectivity index (χ1) is 12.1. The van der Waals surface area contributed by atoms with Crippen LogP contribution in [-0.4, -0.2) is 41.2 Å². The van der Waals surface area contributed by atoms with E-state index in [0.717, 1.165) is 17.3 Å². The lowest BCUT2D eigenvalue weighted by molar-refractivity contribution is -0.149. The fourth-order valence-corrected chi connectivity index (χ4v) is 3.75. The number of pyridine rings is 1. The Bertz CT molecular complexity index is 817. The standard InChI is InChI=1S/C19H20N2O4/c22-18(21-10-11-6-8-25-17(11)19(23)24)15-9-14(15)12-5-7-20-16-4-2-1-3-13(12)16/h1-5,7,11,14-15,17H,6,8-10H2,(H,21,22)(H,23,24)/t11-,14+,15-,17-/m1/s1. The Labute approximate surface area is 145 Å². The van der Waals surface area contributed by atoms with Crippen molar-refractivity contribution in [3.63, 3.8) is 0 Å². The third-order valence-electron chi connectivity index (χ3n) is 5.21. The van der Waals surface area contributed by atoms with Crippen molar-refractivity contribution in [2.24, 2.45) is 11.8 Å². The van der Waals surface area contributed by atoms with Crippen LogP contribution in [0.2, 0.25) is 0 Å². The number of aliphatic carboxylic acids is 1. The lowest BCUT2D eigenvalue weighted by atomic mass is 10.0. The van der Waals surface area contributed by atoms with Gasteiger partial charge in [0.1, 0.15) is 0 Å². The van der Waals surface area contributed by atoms with Gasteiger partial charge in [0.05, 0.1) is 5.52 Å². The molecule has 0 radical (unpaired) electrons. The molecule has 1 aromatic heterocycles. The number of ether oxygens (including phenoxy) is 1. The predicted octanol–water partition coefficient (Wildman–Crippen LogP) is 1.94. The molecule has 0 bridgehead atoms. The maximum absolute atomic E-state index is 12.4. The molecule has 0 spiro atoms. The molecule has 2 aromatic rings. The second kappa shape index (κ2) is 6.44. The highest BCUT2D eigenvalue weighted by molar-refractivity contribution is 5.87. The highest BCUT2D eigenvalue weighted by Crippen LogP contribution is 2.49. The second-order valence-corrected chi connectivity index (χ2v) is 6.79. The topological polar surface area (TPSA) is 88.5 Å². The van der Waals surface area contributed by atoms with Gasteiger partial charge in [0.15, 0.2) is 6.10 Å². The Hall–Kier alpha value is -2.47. The van der Waals surface area contributed by atoms with Crippen molar-refractivity contribution in [1.29, 1.82) is 0 Å². The zero-order chi connectivity index (χ0) is 17.4. The van der Waals surface area contributed by atoms with Crippen molar-refractivity contribution in [3.8, 4) is 0 Å². The molecule has 1 aromatic carbocycles. The van der Waals surface area contributed by atoms with Crippen LogP contribution in [0.5, 0.6) is 0 Å². The quantitative estimate of drug-likeness (QED) is 0.868. The predicted molar refractivity (Wildman–Crippen MR) is 91.1 cm³/mol. The van der Waals surface area contributed by atoms with Crippen LogP contribution in [0.15, 0.2) is 36.5 Å². The van der Waals surface area contributed by atoms with Crippen LogP contribution in [0.1, 0.15) is 24.3 Å². The Morgan fingerprint density at radius 1 is 1.28 bits per heavy atom. The number of nitrogens with one attached hydrogen (secondary N) is 1. The second-order valence-electron chi connectivity index (χ2n) is 6.79. The van der Waals surface area contributed by atoms with E-state index in [0.29, 0.717) is 19.6 Å². The molecule has 25 heavy (non-hydrogen) atoms. The number of benzene rings is 1. The molecule has 6 heteroatoms. The van der Waals surface area contributed by atoms with Gasteiger partial charge in [-0.25, -0.2) is 4.79 Å². The van der Waals surface area contributed by atoms with Gasteiger partial charge in [-0.2, -0.15) is 0 Å². The molecule has 130 valence electrons. The molecular formula is C19H20N2O4. The highest BCUT2D eigenvalue weighted by atomic mass is 16.5. The number of aromatic nitrogens is 1. The summed E-state index contributed by atoms with van der Waals surface area (Å²) in [6.07, 6.45) is 2.47. The first kappa shape index (κ1) is 16.0. The SMILES string of the molecule is O=C(NC[C@H]1CCO[C@H]1C(=O)O)[C@@H]1C[C@H]1c1ccnc2ccccc12. The lowest BCUT2D eigenvalue weighted by Crippen LogP contribution is -2.37.